The van der Waals surface area contributed by atoms with Crippen molar-refractivity contribution in [1.29, 1.82) is 0 Å². The molecule has 3 aromatic heterocycles. The van der Waals surface area contributed by atoms with Gasteiger partial charge in [-0.1, -0.05) is 19.9 Å². The summed E-state index contributed by atoms with van der Waals surface area (Å²) in [7, 11) is 1.62. The number of amides is 1. The normalized spacial score (nSPS) is 16.3. The topological polar surface area (TPSA) is 76.4 Å². The lowest BCUT2D eigenvalue weighted by Gasteiger charge is -2.26. The van der Waals surface area contributed by atoms with Gasteiger partial charge in [-0.2, -0.15) is 9.78 Å². The number of rotatable bonds is 8. The molecule has 1 saturated heterocycles. The lowest BCUT2D eigenvalue weighted by Crippen LogP contribution is -2.38. The van der Waals surface area contributed by atoms with Gasteiger partial charge in [0.15, 0.2) is 0 Å². The number of carbonyl (C=O) groups excluding carboxylic acids is 1. The maximum Gasteiger partial charge on any atom is 0.257 e. The summed E-state index contributed by atoms with van der Waals surface area (Å²) in [4.78, 5) is 28.1. The number of thiophene rings is 1. The van der Waals surface area contributed by atoms with Crippen molar-refractivity contribution in [2.24, 2.45) is 0 Å². The summed E-state index contributed by atoms with van der Waals surface area (Å²) in [6.45, 7) is 10.1. The third kappa shape index (κ3) is 4.32. The monoisotopic (exact) mass is 454 g/mol. The van der Waals surface area contributed by atoms with Gasteiger partial charge in [-0.05, 0) is 43.4 Å². The Bertz CT molecular complexity index is 1060. The SMILES string of the molecule is CCN(CC)[C@H]1CCN(C(=O)c2cnn(-c3ncc(C)c(-c4cccs4)n3)c2COC)C1. The van der Waals surface area contributed by atoms with Gasteiger partial charge in [0.05, 0.1) is 34.6 Å². The van der Waals surface area contributed by atoms with Gasteiger partial charge in [-0.15, -0.1) is 11.3 Å². The van der Waals surface area contributed by atoms with Gasteiger partial charge in [0, 0.05) is 32.4 Å². The molecule has 0 aromatic carbocycles. The third-order valence-corrected chi connectivity index (χ3v) is 6.94. The number of likely N-dealkylation sites (tertiary alicyclic amines) is 1. The number of hydrogen-bond donors (Lipinski definition) is 0. The van der Waals surface area contributed by atoms with Crippen LogP contribution in [-0.2, 0) is 11.3 Å². The first-order chi connectivity index (χ1) is 15.6. The molecule has 0 bridgehead atoms. The molecule has 1 aliphatic heterocycles. The fraction of sp³-hybridized carbons (Fsp3) is 0.478. The second-order valence-electron chi connectivity index (χ2n) is 7.94. The summed E-state index contributed by atoms with van der Waals surface area (Å²) in [5.74, 6) is 0.427. The van der Waals surface area contributed by atoms with Crippen molar-refractivity contribution in [3.8, 4) is 16.5 Å². The Morgan fingerprint density at radius 1 is 1.31 bits per heavy atom. The fourth-order valence-corrected chi connectivity index (χ4v) is 5.11. The first-order valence-corrected chi connectivity index (χ1v) is 11.9. The molecule has 1 fully saturated rings. The second kappa shape index (κ2) is 9.89. The first kappa shape index (κ1) is 22.6. The maximum absolute atomic E-state index is 13.4. The van der Waals surface area contributed by atoms with Crippen LogP contribution < -0.4 is 0 Å². The van der Waals surface area contributed by atoms with E-state index in [9.17, 15) is 4.79 Å². The average Bonchev–Trinajstić information content (AvgIpc) is 3.56. The molecule has 4 rings (SSSR count). The van der Waals surface area contributed by atoms with E-state index in [0.717, 1.165) is 48.7 Å². The fourth-order valence-electron chi connectivity index (χ4n) is 4.33. The van der Waals surface area contributed by atoms with Crippen LogP contribution in [0.15, 0.2) is 29.9 Å². The first-order valence-electron chi connectivity index (χ1n) is 11.0. The van der Waals surface area contributed by atoms with Crippen LogP contribution in [-0.4, -0.2) is 74.8 Å². The minimum atomic E-state index is -0.0106. The number of methoxy groups -OCH3 is 1. The van der Waals surface area contributed by atoms with Crippen LogP contribution in [0.1, 0.15) is 41.9 Å². The molecule has 1 aliphatic rings. The Morgan fingerprint density at radius 3 is 2.81 bits per heavy atom. The Kier molecular flexibility index (Phi) is 6.98. The molecule has 3 aromatic rings. The van der Waals surface area contributed by atoms with Crippen LogP contribution in [0.2, 0.25) is 0 Å². The van der Waals surface area contributed by atoms with E-state index in [2.05, 4.69) is 28.8 Å². The van der Waals surface area contributed by atoms with E-state index in [4.69, 9.17) is 9.72 Å². The zero-order valence-electron chi connectivity index (χ0n) is 19.1. The number of aromatic nitrogens is 4. The summed E-state index contributed by atoms with van der Waals surface area (Å²) in [5, 5.41) is 6.52. The third-order valence-electron chi connectivity index (χ3n) is 6.06. The van der Waals surface area contributed by atoms with Crippen molar-refractivity contribution in [1.82, 2.24) is 29.5 Å². The van der Waals surface area contributed by atoms with Gasteiger partial charge in [-0.25, -0.2) is 9.97 Å². The smallest absolute Gasteiger partial charge is 0.257 e. The standard InChI is InChI=1S/C23H30N6O2S/c1-5-27(6-2)17-9-10-28(14-17)22(30)18-13-25-29(19(18)15-31-4)23-24-12-16(3)21(26-23)20-8-7-11-32-20/h7-8,11-13,17H,5-6,9-10,14-15H2,1-4H3/t17-/m0/s1. The average molecular weight is 455 g/mol. The largest absolute Gasteiger partial charge is 0.378 e. The van der Waals surface area contributed by atoms with Crippen molar-refractivity contribution in [2.75, 3.05) is 33.3 Å². The molecule has 1 atom stereocenters. The molecule has 0 N–H and O–H groups in total. The highest BCUT2D eigenvalue weighted by atomic mass is 32.1. The van der Waals surface area contributed by atoms with E-state index in [1.807, 2.05) is 29.3 Å². The summed E-state index contributed by atoms with van der Waals surface area (Å²) < 4.78 is 7.06. The van der Waals surface area contributed by atoms with Gasteiger partial charge in [0.2, 0.25) is 0 Å². The van der Waals surface area contributed by atoms with Gasteiger partial charge in [0.1, 0.15) is 0 Å². The molecule has 0 spiro atoms. The Balaban J connectivity index is 1.64. The molecular weight excluding hydrogens is 424 g/mol. The highest BCUT2D eigenvalue weighted by molar-refractivity contribution is 7.13. The molecule has 9 heteroatoms. The Labute approximate surface area is 192 Å². The molecule has 0 saturated carbocycles. The van der Waals surface area contributed by atoms with Crippen molar-refractivity contribution in [2.45, 2.75) is 39.8 Å². The van der Waals surface area contributed by atoms with Crippen LogP contribution in [0.3, 0.4) is 0 Å². The van der Waals surface area contributed by atoms with Gasteiger partial charge < -0.3 is 9.64 Å². The van der Waals surface area contributed by atoms with E-state index in [-0.39, 0.29) is 12.5 Å². The highest BCUT2D eigenvalue weighted by Crippen LogP contribution is 2.27. The molecule has 0 unspecified atom stereocenters. The van der Waals surface area contributed by atoms with E-state index < -0.39 is 0 Å². The number of likely N-dealkylation sites (N-methyl/N-ethyl adjacent to an activating group) is 1. The van der Waals surface area contributed by atoms with Gasteiger partial charge >= 0.3 is 0 Å². The number of hydrogen-bond acceptors (Lipinski definition) is 7. The van der Waals surface area contributed by atoms with E-state index in [0.29, 0.717) is 23.2 Å². The lowest BCUT2D eigenvalue weighted by molar-refractivity contribution is 0.0772. The molecular formula is C23H30N6O2S. The van der Waals surface area contributed by atoms with E-state index in [1.165, 1.54) is 0 Å². The quantitative estimate of drug-likeness (QED) is 0.519. The number of aryl methyl sites for hydroxylation is 1. The molecule has 4 heterocycles. The molecule has 0 aliphatic carbocycles. The zero-order chi connectivity index (χ0) is 22.7. The summed E-state index contributed by atoms with van der Waals surface area (Å²) in [5.41, 5.74) is 3.09. The summed E-state index contributed by atoms with van der Waals surface area (Å²) in [6, 6.07) is 4.45. The highest BCUT2D eigenvalue weighted by Gasteiger charge is 2.32. The summed E-state index contributed by atoms with van der Waals surface area (Å²) >= 11 is 1.63. The molecule has 170 valence electrons. The number of ether oxygens (including phenoxy) is 1. The minimum Gasteiger partial charge on any atom is -0.378 e. The minimum absolute atomic E-state index is 0.0106. The van der Waals surface area contributed by atoms with Crippen molar-refractivity contribution >= 4 is 17.2 Å². The van der Waals surface area contributed by atoms with Crippen molar-refractivity contribution < 1.29 is 9.53 Å². The van der Waals surface area contributed by atoms with Crippen molar-refractivity contribution in [3.63, 3.8) is 0 Å². The maximum atomic E-state index is 13.4. The van der Waals surface area contributed by atoms with Crippen LogP contribution in [0.25, 0.3) is 16.5 Å². The van der Waals surface area contributed by atoms with Crippen LogP contribution in [0.4, 0.5) is 0 Å². The second-order valence-corrected chi connectivity index (χ2v) is 8.89. The predicted octanol–water partition coefficient (Wildman–Crippen LogP) is 3.40. The Hall–Kier alpha value is -2.62. The lowest BCUT2D eigenvalue weighted by atomic mass is 10.2. The van der Waals surface area contributed by atoms with Crippen LogP contribution >= 0.6 is 11.3 Å². The predicted molar refractivity (Wildman–Crippen MR) is 125 cm³/mol. The zero-order valence-corrected chi connectivity index (χ0v) is 19.9. The van der Waals surface area contributed by atoms with Gasteiger partial charge in [0.25, 0.3) is 11.9 Å². The molecule has 32 heavy (non-hydrogen) atoms. The molecule has 0 radical (unpaired) electrons. The molecule has 8 nitrogen and oxygen atoms in total. The van der Waals surface area contributed by atoms with Crippen LogP contribution in [0, 0.1) is 6.92 Å². The van der Waals surface area contributed by atoms with E-state index in [1.54, 1.807) is 35.5 Å². The Morgan fingerprint density at radius 2 is 2.12 bits per heavy atom. The van der Waals surface area contributed by atoms with Crippen molar-refractivity contribution in [3.05, 3.63) is 46.7 Å². The number of carbonyl (C=O) groups is 1. The number of nitrogens with zero attached hydrogens (tertiary/aromatic N) is 6. The summed E-state index contributed by atoms with van der Waals surface area (Å²) in [6.07, 6.45) is 4.41. The van der Waals surface area contributed by atoms with E-state index >= 15 is 0 Å². The molecule has 1 amide bonds. The van der Waals surface area contributed by atoms with Gasteiger partial charge in [-0.3, -0.25) is 9.69 Å². The van der Waals surface area contributed by atoms with Crippen LogP contribution in [0.5, 0.6) is 0 Å².